The summed E-state index contributed by atoms with van der Waals surface area (Å²) < 4.78 is 57.8. The van der Waals surface area contributed by atoms with E-state index in [1.54, 1.807) is 17.5 Å². The summed E-state index contributed by atoms with van der Waals surface area (Å²) in [6, 6.07) is 6.90. The highest BCUT2D eigenvalue weighted by molar-refractivity contribution is 7.20. The molecule has 0 bridgehead atoms. The molecule has 0 atom stereocenters. The molecule has 8 nitrogen and oxygen atoms in total. The number of nitrogens with zero attached hydrogens (tertiary/aromatic N) is 2. The van der Waals surface area contributed by atoms with Crippen molar-refractivity contribution in [3.05, 3.63) is 73.0 Å². The first-order valence-corrected chi connectivity index (χ1v) is 12.1. The maximum atomic E-state index is 13.9. The molecule has 3 aromatic heterocycles. The Hall–Kier alpha value is -3.55. The number of fused-ring (bicyclic) bond motifs is 2. The molecule has 1 aromatic carbocycles. The van der Waals surface area contributed by atoms with Crippen LogP contribution in [0.3, 0.4) is 0 Å². The van der Waals surface area contributed by atoms with Crippen LogP contribution in [0.5, 0.6) is 5.75 Å². The van der Waals surface area contributed by atoms with E-state index in [2.05, 4.69) is 4.98 Å². The normalized spacial score (nSPS) is 13.3. The Morgan fingerprint density at radius 3 is 2.81 bits per heavy atom. The van der Waals surface area contributed by atoms with E-state index in [-0.39, 0.29) is 57.6 Å². The summed E-state index contributed by atoms with van der Waals surface area (Å²) in [6.07, 6.45) is -4.67. The fourth-order valence-corrected chi connectivity index (χ4v) is 5.70. The fraction of sp³-hybridized carbons (Fsp3) is 0.217. The Bertz CT molecular complexity index is 1500. The van der Waals surface area contributed by atoms with Crippen LogP contribution in [0.4, 0.5) is 18.9 Å². The summed E-state index contributed by atoms with van der Waals surface area (Å²) >= 11 is 2.06. The predicted molar refractivity (Wildman–Crippen MR) is 125 cm³/mol. The molecule has 4 heterocycles. The van der Waals surface area contributed by atoms with Gasteiger partial charge in [-0.1, -0.05) is 6.07 Å². The highest BCUT2D eigenvalue weighted by Crippen LogP contribution is 2.43. The molecule has 0 saturated heterocycles. The lowest BCUT2D eigenvalue weighted by atomic mass is 10.1. The van der Waals surface area contributed by atoms with E-state index in [9.17, 15) is 28.1 Å². The van der Waals surface area contributed by atoms with Gasteiger partial charge in [0.15, 0.2) is 6.79 Å². The van der Waals surface area contributed by atoms with Gasteiger partial charge in [0.1, 0.15) is 22.1 Å². The number of benzene rings is 1. The van der Waals surface area contributed by atoms with Crippen LogP contribution in [0.1, 0.15) is 31.9 Å². The maximum Gasteiger partial charge on any atom is 0.417 e. The molecule has 0 N–H and O–H groups in total. The summed E-state index contributed by atoms with van der Waals surface area (Å²) in [7, 11) is 0. The zero-order valence-corrected chi connectivity index (χ0v) is 20.0. The monoisotopic (exact) mass is 536 g/mol. The van der Waals surface area contributed by atoms with Gasteiger partial charge in [-0.3, -0.25) is 10.1 Å². The van der Waals surface area contributed by atoms with Gasteiger partial charge in [-0.15, -0.1) is 22.7 Å². The van der Waals surface area contributed by atoms with Gasteiger partial charge in [-0.2, -0.15) is 13.2 Å². The highest BCUT2D eigenvalue weighted by atomic mass is 32.1. The van der Waals surface area contributed by atoms with Crippen molar-refractivity contribution in [2.45, 2.75) is 26.3 Å². The van der Waals surface area contributed by atoms with Crippen LogP contribution < -0.4 is 4.74 Å². The Labute approximate surface area is 209 Å². The van der Waals surface area contributed by atoms with Crippen molar-refractivity contribution in [3.8, 4) is 16.3 Å². The van der Waals surface area contributed by atoms with E-state index < -0.39 is 22.6 Å². The minimum atomic E-state index is -4.67. The smallest absolute Gasteiger partial charge is 0.417 e. The summed E-state index contributed by atoms with van der Waals surface area (Å²) in [6.45, 7) is 1.05. The first-order chi connectivity index (χ1) is 17.1. The molecule has 0 aliphatic carbocycles. The van der Waals surface area contributed by atoms with Gasteiger partial charge in [-0.25, -0.2) is 9.78 Å². The maximum absolute atomic E-state index is 13.9. The largest absolute Gasteiger partial charge is 0.467 e. The van der Waals surface area contributed by atoms with Gasteiger partial charge in [-0.05, 0) is 30.0 Å². The van der Waals surface area contributed by atoms with E-state index >= 15 is 0 Å². The van der Waals surface area contributed by atoms with Crippen LogP contribution in [0, 0.1) is 17.0 Å². The van der Waals surface area contributed by atoms with Crippen LogP contribution in [-0.4, -0.2) is 22.7 Å². The lowest BCUT2D eigenvalue weighted by Crippen LogP contribution is -2.15. The number of hydrogen-bond donors (Lipinski definition) is 0. The number of aryl methyl sites for hydroxylation is 1. The molecule has 5 rings (SSSR count). The minimum absolute atomic E-state index is 0.0325. The van der Waals surface area contributed by atoms with Crippen molar-refractivity contribution in [1.82, 2.24) is 4.98 Å². The molecule has 0 unspecified atom stereocenters. The summed E-state index contributed by atoms with van der Waals surface area (Å²) in [4.78, 5) is 28.6. The standard InChI is InChI=1S/C23H15F3N2O6S2/c1-11-18-15(23(24,25)26)7-16(17-3-2-4-35-17)27-21(18)36-20(11)22(29)33-9-13-6-14(28(30)31)5-12-8-32-10-34-19(12)13/h2-7H,8-10H2,1H3. The second-order valence-electron chi connectivity index (χ2n) is 7.80. The van der Waals surface area contributed by atoms with E-state index in [1.807, 2.05) is 0 Å². The Morgan fingerprint density at radius 2 is 2.11 bits per heavy atom. The van der Waals surface area contributed by atoms with Gasteiger partial charge in [0.2, 0.25) is 0 Å². The average Bonchev–Trinajstić information content (AvgIpc) is 3.49. The van der Waals surface area contributed by atoms with Crippen molar-refractivity contribution < 1.29 is 37.1 Å². The van der Waals surface area contributed by atoms with Gasteiger partial charge in [0.25, 0.3) is 5.69 Å². The first-order valence-electron chi connectivity index (χ1n) is 10.4. The van der Waals surface area contributed by atoms with Crippen LogP contribution in [0.25, 0.3) is 20.8 Å². The van der Waals surface area contributed by atoms with Gasteiger partial charge in [0, 0.05) is 28.6 Å². The first kappa shape index (κ1) is 24.2. The molecule has 186 valence electrons. The highest BCUT2D eigenvalue weighted by Gasteiger charge is 2.36. The molecule has 1 aliphatic heterocycles. The van der Waals surface area contributed by atoms with Crippen molar-refractivity contribution in [3.63, 3.8) is 0 Å². The number of alkyl halides is 3. The van der Waals surface area contributed by atoms with Crippen LogP contribution >= 0.6 is 22.7 Å². The fourth-order valence-electron chi connectivity index (χ4n) is 3.92. The molecular weight excluding hydrogens is 521 g/mol. The lowest BCUT2D eigenvalue weighted by Gasteiger charge is -2.20. The van der Waals surface area contributed by atoms with Crippen molar-refractivity contribution >= 4 is 44.5 Å². The van der Waals surface area contributed by atoms with E-state index in [0.29, 0.717) is 16.2 Å². The Kier molecular flexibility index (Phi) is 6.14. The van der Waals surface area contributed by atoms with E-state index in [0.717, 1.165) is 17.4 Å². The molecule has 0 saturated carbocycles. The number of hydrogen-bond acceptors (Lipinski definition) is 9. The number of halogens is 3. The number of nitro benzene ring substituents is 1. The van der Waals surface area contributed by atoms with Crippen molar-refractivity contribution in [2.24, 2.45) is 0 Å². The molecular formula is C23H15F3N2O6S2. The zero-order valence-electron chi connectivity index (χ0n) is 18.4. The van der Waals surface area contributed by atoms with E-state index in [1.165, 1.54) is 30.4 Å². The number of pyridine rings is 1. The number of ether oxygens (including phenoxy) is 3. The quantitative estimate of drug-likeness (QED) is 0.163. The number of rotatable bonds is 5. The summed E-state index contributed by atoms with van der Waals surface area (Å²) in [5, 5.41) is 12.9. The number of nitro groups is 1. The van der Waals surface area contributed by atoms with Crippen LogP contribution in [-0.2, 0) is 28.9 Å². The number of thiophene rings is 2. The SMILES string of the molecule is Cc1c(C(=O)OCc2cc([N+](=O)[O-])cc3c2OCOC3)sc2nc(-c3cccs3)cc(C(F)(F)F)c12. The third-order valence-corrected chi connectivity index (χ3v) is 7.56. The summed E-state index contributed by atoms with van der Waals surface area (Å²) in [5.74, 6) is -0.553. The van der Waals surface area contributed by atoms with E-state index in [4.69, 9.17) is 14.2 Å². The number of esters is 1. The average molecular weight is 537 g/mol. The lowest BCUT2D eigenvalue weighted by molar-refractivity contribution is -0.385. The topological polar surface area (TPSA) is 101 Å². The number of non-ortho nitro benzene ring substituents is 1. The number of carbonyl (C=O) groups excluding carboxylic acids is 1. The zero-order chi connectivity index (χ0) is 25.6. The third kappa shape index (κ3) is 4.40. The molecule has 0 spiro atoms. The Balaban J connectivity index is 1.50. The van der Waals surface area contributed by atoms with Gasteiger partial charge < -0.3 is 14.2 Å². The molecule has 0 radical (unpaired) electrons. The molecule has 1 aliphatic rings. The second kappa shape index (κ2) is 9.15. The van der Waals surface area contributed by atoms with Gasteiger partial charge >= 0.3 is 12.1 Å². The number of aromatic nitrogens is 1. The Morgan fingerprint density at radius 1 is 1.31 bits per heavy atom. The summed E-state index contributed by atoms with van der Waals surface area (Å²) in [5.41, 5.74) is -0.169. The molecule has 0 amide bonds. The van der Waals surface area contributed by atoms with Crippen molar-refractivity contribution in [2.75, 3.05) is 6.79 Å². The molecule has 13 heteroatoms. The molecule has 4 aromatic rings. The van der Waals surface area contributed by atoms with Crippen molar-refractivity contribution in [1.29, 1.82) is 0 Å². The number of carbonyl (C=O) groups is 1. The van der Waals surface area contributed by atoms with Gasteiger partial charge in [0.05, 0.1) is 27.7 Å². The van der Waals surface area contributed by atoms with Crippen LogP contribution in [0.15, 0.2) is 35.7 Å². The predicted octanol–water partition coefficient (Wildman–Crippen LogP) is 6.48. The van der Waals surface area contributed by atoms with Crippen LogP contribution in [0.2, 0.25) is 0 Å². The molecule has 36 heavy (non-hydrogen) atoms. The second-order valence-corrected chi connectivity index (χ2v) is 9.75. The molecule has 0 fully saturated rings. The minimum Gasteiger partial charge on any atom is -0.467 e. The third-order valence-electron chi connectivity index (χ3n) is 5.51.